The van der Waals surface area contributed by atoms with Crippen molar-refractivity contribution in [3.05, 3.63) is 34.3 Å². The highest BCUT2D eigenvalue weighted by Crippen LogP contribution is 2.33. The first-order chi connectivity index (χ1) is 7.79. The van der Waals surface area contributed by atoms with Gasteiger partial charge in [-0.15, -0.1) is 0 Å². The second-order valence-corrected chi connectivity index (χ2v) is 5.58. The lowest BCUT2D eigenvalue weighted by Gasteiger charge is -2.20. The third kappa shape index (κ3) is 3.06. The lowest BCUT2D eigenvalue weighted by atomic mass is 9.94. The summed E-state index contributed by atoms with van der Waals surface area (Å²) in [5.41, 5.74) is 4.23. The van der Waals surface area contributed by atoms with Crippen LogP contribution in [0.1, 0.15) is 43.7 Å². The molecule has 0 bridgehead atoms. The summed E-state index contributed by atoms with van der Waals surface area (Å²) >= 11 is 3.50. The molecule has 0 radical (unpaired) electrons. The summed E-state index contributed by atoms with van der Waals surface area (Å²) in [6.07, 6.45) is 6.67. The van der Waals surface area contributed by atoms with Gasteiger partial charge in [-0.3, -0.25) is 11.3 Å². The Morgan fingerprint density at radius 1 is 1.38 bits per heavy atom. The molecule has 1 aliphatic carbocycles. The molecule has 1 saturated carbocycles. The highest BCUT2D eigenvalue weighted by Gasteiger charge is 2.20. The Balaban J connectivity index is 2.03. The maximum atomic E-state index is 5.67. The predicted octanol–water partition coefficient (Wildman–Crippen LogP) is 3.53. The molecule has 16 heavy (non-hydrogen) atoms. The van der Waals surface area contributed by atoms with E-state index in [1.54, 1.807) is 0 Å². The number of hydrogen-bond donors (Lipinski definition) is 2. The summed E-state index contributed by atoms with van der Waals surface area (Å²) < 4.78 is 1.12. The number of hydrogen-bond acceptors (Lipinski definition) is 2. The highest BCUT2D eigenvalue weighted by atomic mass is 79.9. The maximum absolute atomic E-state index is 5.67. The summed E-state index contributed by atoms with van der Waals surface area (Å²) in [4.78, 5) is 0. The standard InChI is InChI=1S/C13H19BrN2/c14-12-7-3-6-11(9-12)13(16-15)8-10-4-1-2-5-10/h3,6-7,9-10,13,16H,1-2,4-5,8,15H2. The third-order valence-electron chi connectivity index (χ3n) is 3.50. The summed E-state index contributed by atoms with van der Waals surface area (Å²) in [5, 5.41) is 0. The molecule has 2 rings (SSSR count). The smallest absolute Gasteiger partial charge is 0.0463 e. The first-order valence-corrected chi connectivity index (χ1v) is 6.80. The summed E-state index contributed by atoms with van der Waals surface area (Å²) in [6.45, 7) is 0. The van der Waals surface area contributed by atoms with Gasteiger partial charge < -0.3 is 0 Å². The average molecular weight is 283 g/mol. The Morgan fingerprint density at radius 3 is 2.75 bits per heavy atom. The van der Waals surface area contributed by atoms with E-state index in [4.69, 9.17) is 5.84 Å². The van der Waals surface area contributed by atoms with E-state index in [1.807, 2.05) is 6.07 Å². The predicted molar refractivity (Wildman–Crippen MR) is 70.8 cm³/mol. The maximum Gasteiger partial charge on any atom is 0.0463 e. The van der Waals surface area contributed by atoms with Crippen LogP contribution in [0, 0.1) is 5.92 Å². The molecule has 0 amide bonds. The van der Waals surface area contributed by atoms with Crippen molar-refractivity contribution < 1.29 is 0 Å². The van der Waals surface area contributed by atoms with Crippen LogP contribution >= 0.6 is 15.9 Å². The van der Waals surface area contributed by atoms with Crippen molar-refractivity contribution in [1.29, 1.82) is 0 Å². The lowest BCUT2D eigenvalue weighted by molar-refractivity contribution is 0.400. The minimum Gasteiger partial charge on any atom is -0.271 e. The average Bonchev–Trinajstić information content (AvgIpc) is 2.78. The number of halogens is 1. The van der Waals surface area contributed by atoms with Gasteiger partial charge in [0.2, 0.25) is 0 Å². The molecule has 1 aliphatic rings. The summed E-state index contributed by atoms with van der Waals surface area (Å²) in [6, 6.07) is 8.70. The van der Waals surface area contributed by atoms with E-state index in [-0.39, 0.29) is 0 Å². The molecule has 88 valence electrons. The first kappa shape index (κ1) is 12.1. The van der Waals surface area contributed by atoms with Crippen LogP contribution < -0.4 is 11.3 Å². The van der Waals surface area contributed by atoms with Gasteiger partial charge in [0.1, 0.15) is 0 Å². The number of rotatable bonds is 4. The van der Waals surface area contributed by atoms with Gasteiger partial charge in [0.15, 0.2) is 0 Å². The first-order valence-electron chi connectivity index (χ1n) is 6.01. The molecular formula is C13H19BrN2. The van der Waals surface area contributed by atoms with Crippen LogP contribution in [-0.2, 0) is 0 Å². The van der Waals surface area contributed by atoms with Crippen molar-refractivity contribution in [3.63, 3.8) is 0 Å². The monoisotopic (exact) mass is 282 g/mol. The molecule has 3 N–H and O–H groups in total. The van der Waals surface area contributed by atoms with Crippen LogP contribution in [0.4, 0.5) is 0 Å². The van der Waals surface area contributed by atoms with Crippen LogP contribution in [0.25, 0.3) is 0 Å². The van der Waals surface area contributed by atoms with Gasteiger partial charge in [0.05, 0.1) is 0 Å². The van der Waals surface area contributed by atoms with Crippen molar-refractivity contribution >= 4 is 15.9 Å². The second kappa shape index (κ2) is 5.80. The minimum absolute atomic E-state index is 0.292. The molecule has 1 atom stereocenters. The van der Waals surface area contributed by atoms with Crippen LogP contribution in [0.3, 0.4) is 0 Å². The fourth-order valence-corrected chi connectivity index (χ4v) is 3.02. The van der Waals surface area contributed by atoms with Crippen molar-refractivity contribution in [2.75, 3.05) is 0 Å². The second-order valence-electron chi connectivity index (χ2n) is 4.66. The molecular weight excluding hydrogens is 264 g/mol. The van der Waals surface area contributed by atoms with Crippen LogP contribution in [0.15, 0.2) is 28.7 Å². The van der Waals surface area contributed by atoms with Gasteiger partial charge in [-0.25, -0.2) is 0 Å². The van der Waals surface area contributed by atoms with E-state index in [0.29, 0.717) is 6.04 Å². The normalized spacial score (nSPS) is 18.9. The zero-order valence-electron chi connectivity index (χ0n) is 9.45. The number of benzene rings is 1. The van der Waals surface area contributed by atoms with E-state index >= 15 is 0 Å². The molecule has 1 aromatic carbocycles. The zero-order chi connectivity index (χ0) is 11.4. The molecule has 2 nitrogen and oxygen atoms in total. The van der Waals surface area contributed by atoms with Crippen molar-refractivity contribution in [2.24, 2.45) is 11.8 Å². The van der Waals surface area contributed by atoms with Gasteiger partial charge in [0, 0.05) is 10.5 Å². The van der Waals surface area contributed by atoms with E-state index in [9.17, 15) is 0 Å². The highest BCUT2D eigenvalue weighted by molar-refractivity contribution is 9.10. The van der Waals surface area contributed by atoms with Gasteiger partial charge in [-0.05, 0) is 30.0 Å². The number of nitrogens with one attached hydrogen (secondary N) is 1. The Morgan fingerprint density at radius 2 is 2.12 bits per heavy atom. The van der Waals surface area contributed by atoms with Gasteiger partial charge in [0.25, 0.3) is 0 Å². The van der Waals surface area contributed by atoms with Crippen molar-refractivity contribution in [2.45, 2.75) is 38.1 Å². The fraction of sp³-hybridized carbons (Fsp3) is 0.538. The van der Waals surface area contributed by atoms with Crippen molar-refractivity contribution in [3.8, 4) is 0 Å². The topological polar surface area (TPSA) is 38.0 Å². The van der Waals surface area contributed by atoms with Crippen molar-refractivity contribution in [1.82, 2.24) is 5.43 Å². The van der Waals surface area contributed by atoms with Crippen LogP contribution in [-0.4, -0.2) is 0 Å². The van der Waals surface area contributed by atoms with E-state index in [1.165, 1.54) is 31.2 Å². The third-order valence-corrected chi connectivity index (χ3v) is 3.99. The van der Waals surface area contributed by atoms with E-state index in [2.05, 4.69) is 39.6 Å². The Bertz CT molecular complexity index is 334. The molecule has 1 fully saturated rings. The molecule has 0 aromatic heterocycles. The van der Waals surface area contributed by atoms with Gasteiger partial charge in [-0.1, -0.05) is 53.7 Å². The molecule has 0 spiro atoms. The SMILES string of the molecule is NNC(CC1CCCC1)c1cccc(Br)c1. The quantitative estimate of drug-likeness (QED) is 0.655. The Hall–Kier alpha value is -0.380. The number of nitrogens with two attached hydrogens (primary N) is 1. The molecule has 0 aliphatic heterocycles. The van der Waals surface area contributed by atoms with Gasteiger partial charge >= 0.3 is 0 Å². The lowest BCUT2D eigenvalue weighted by Crippen LogP contribution is -2.29. The molecule has 1 unspecified atom stereocenters. The Kier molecular flexibility index (Phi) is 4.38. The van der Waals surface area contributed by atoms with E-state index < -0.39 is 0 Å². The summed E-state index contributed by atoms with van der Waals surface area (Å²) in [7, 11) is 0. The number of hydrazine groups is 1. The van der Waals surface area contributed by atoms with E-state index in [0.717, 1.165) is 16.8 Å². The molecule has 3 heteroatoms. The Labute approximate surface area is 106 Å². The fourth-order valence-electron chi connectivity index (χ4n) is 2.60. The molecule has 0 heterocycles. The summed E-state index contributed by atoms with van der Waals surface area (Å²) in [5.74, 6) is 6.51. The van der Waals surface area contributed by atoms with Gasteiger partial charge in [-0.2, -0.15) is 0 Å². The minimum atomic E-state index is 0.292. The molecule has 1 aromatic rings. The van der Waals surface area contributed by atoms with Crippen LogP contribution in [0.5, 0.6) is 0 Å². The molecule has 0 saturated heterocycles. The van der Waals surface area contributed by atoms with Crippen LogP contribution in [0.2, 0.25) is 0 Å². The largest absolute Gasteiger partial charge is 0.271 e. The zero-order valence-corrected chi connectivity index (χ0v) is 11.0.